The van der Waals surface area contributed by atoms with E-state index in [4.69, 9.17) is 9.47 Å². The third-order valence-electron chi connectivity index (χ3n) is 5.61. The van der Waals surface area contributed by atoms with Crippen LogP contribution in [0.3, 0.4) is 0 Å². The number of aromatic nitrogens is 2. The highest BCUT2D eigenvalue weighted by molar-refractivity contribution is 5.76. The summed E-state index contributed by atoms with van der Waals surface area (Å²) < 4.78 is 50.2. The molecule has 0 aliphatic carbocycles. The van der Waals surface area contributed by atoms with Crippen LogP contribution in [0.25, 0.3) is 11.4 Å². The molecular weight excluding hydrogens is 473 g/mol. The van der Waals surface area contributed by atoms with E-state index in [1.807, 2.05) is 0 Å². The Morgan fingerprint density at radius 3 is 2.36 bits per heavy atom. The molecule has 1 heterocycles. The van der Waals surface area contributed by atoms with Gasteiger partial charge in [-0.25, -0.2) is 14.8 Å². The molecule has 1 N–H and O–H groups in total. The summed E-state index contributed by atoms with van der Waals surface area (Å²) in [6.45, 7) is 7.02. The van der Waals surface area contributed by atoms with Crippen molar-refractivity contribution in [2.45, 2.75) is 65.3 Å². The zero-order chi connectivity index (χ0) is 26.5. The number of aliphatic carboxylic acids is 1. The van der Waals surface area contributed by atoms with Crippen LogP contribution in [0.1, 0.15) is 56.0 Å². The molecule has 0 radical (unpaired) electrons. The Labute approximate surface area is 208 Å². The van der Waals surface area contributed by atoms with E-state index < -0.39 is 23.3 Å². The molecule has 0 bridgehead atoms. The first-order valence-corrected chi connectivity index (χ1v) is 11.6. The van der Waals surface area contributed by atoms with Crippen LogP contribution >= 0.6 is 0 Å². The third-order valence-corrected chi connectivity index (χ3v) is 5.61. The van der Waals surface area contributed by atoms with E-state index in [0.29, 0.717) is 29.3 Å². The van der Waals surface area contributed by atoms with Crippen molar-refractivity contribution in [2.24, 2.45) is 0 Å². The lowest BCUT2D eigenvalue weighted by atomic mass is 10.1. The van der Waals surface area contributed by atoms with Crippen LogP contribution in [0, 0.1) is 6.92 Å². The molecule has 2 aromatic carbocycles. The monoisotopic (exact) mass is 502 g/mol. The zero-order valence-corrected chi connectivity index (χ0v) is 20.6. The van der Waals surface area contributed by atoms with E-state index in [9.17, 15) is 23.1 Å². The maximum atomic E-state index is 12.9. The smallest absolute Gasteiger partial charge is 0.416 e. The van der Waals surface area contributed by atoms with Gasteiger partial charge in [-0.3, -0.25) is 0 Å². The highest BCUT2D eigenvalue weighted by atomic mass is 19.4. The summed E-state index contributed by atoms with van der Waals surface area (Å²) >= 11 is 0. The fraction of sp³-hybridized carbons (Fsp3) is 0.370. The average Bonchev–Trinajstić information content (AvgIpc) is 2.82. The minimum atomic E-state index is -4.40. The summed E-state index contributed by atoms with van der Waals surface area (Å²) in [6, 6.07) is 9.91. The number of benzene rings is 2. The normalized spacial score (nSPS) is 11.9. The van der Waals surface area contributed by atoms with Gasteiger partial charge in [-0.15, -0.1) is 0 Å². The Balaban J connectivity index is 1.77. The third kappa shape index (κ3) is 6.74. The number of unbranched alkanes of at least 4 members (excludes halogenated alkanes) is 1. The van der Waals surface area contributed by atoms with Crippen LogP contribution in [-0.4, -0.2) is 26.6 Å². The number of carboxylic acids is 1. The number of hydrogen-bond donors (Lipinski definition) is 1. The van der Waals surface area contributed by atoms with Crippen LogP contribution in [0.15, 0.2) is 48.7 Å². The van der Waals surface area contributed by atoms with E-state index >= 15 is 0 Å². The number of hydrogen-bond acceptors (Lipinski definition) is 5. The Morgan fingerprint density at radius 1 is 1.08 bits per heavy atom. The van der Waals surface area contributed by atoms with Gasteiger partial charge in [0.1, 0.15) is 18.1 Å². The molecule has 3 rings (SSSR count). The summed E-state index contributed by atoms with van der Waals surface area (Å²) in [5.41, 5.74) is 0.699. The molecule has 3 aromatic rings. The van der Waals surface area contributed by atoms with Crippen LogP contribution < -0.4 is 9.47 Å². The van der Waals surface area contributed by atoms with Gasteiger partial charge in [0.2, 0.25) is 0 Å². The van der Waals surface area contributed by atoms with Gasteiger partial charge < -0.3 is 14.6 Å². The molecule has 0 atom stereocenters. The van der Waals surface area contributed by atoms with Gasteiger partial charge in [-0.1, -0.05) is 25.5 Å². The summed E-state index contributed by atoms with van der Waals surface area (Å²) in [5, 5.41) is 9.28. The van der Waals surface area contributed by atoms with Gasteiger partial charge >= 0.3 is 12.1 Å². The number of aryl methyl sites for hydroxylation is 2. The van der Waals surface area contributed by atoms with E-state index in [-0.39, 0.29) is 6.61 Å². The largest absolute Gasteiger partial charge is 0.489 e. The predicted octanol–water partition coefficient (Wildman–Crippen LogP) is 6.63. The minimum Gasteiger partial charge on any atom is -0.489 e. The lowest BCUT2D eigenvalue weighted by Gasteiger charge is -2.23. The SMILES string of the molecule is CCCCc1nc(-c2ccc(C(F)(F)F)cc2)ncc1COc1ccc(OC(C)(C)C(=O)O)c(C)c1. The fourth-order valence-electron chi connectivity index (χ4n) is 3.38. The Kier molecular flexibility index (Phi) is 8.22. The molecule has 0 saturated carbocycles. The van der Waals surface area contributed by atoms with Crippen molar-refractivity contribution in [2.75, 3.05) is 0 Å². The van der Waals surface area contributed by atoms with E-state index in [2.05, 4.69) is 16.9 Å². The van der Waals surface area contributed by atoms with Crippen molar-refractivity contribution < 1.29 is 32.5 Å². The standard InChI is InChI=1S/C27H29F3N2O4/c1-5-6-7-22-19(15-31-24(32-22)18-8-10-20(11-9-18)27(28,29)30)16-35-21-12-13-23(17(2)14-21)36-26(3,4)25(33)34/h8-15H,5-7,16H2,1-4H3,(H,33,34). The molecule has 9 heteroatoms. The van der Waals surface area contributed by atoms with Crippen LogP contribution in [0.4, 0.5) is 13.2 Å². The second kappa shape index (κ2) is 11.0. The van der Waals surface area contributed by atoms with Gasteiger partial charge in [-0.05, 0) is 69.5 Å². The lowest BCUT2D eigenvalue weighted by molar-refractivity contribution is -0.152. The van der Waals surface area contributed by atoms with Gasteiger partial charge in [0.15, 0.2) is 11.4 Å². The van der Waals surface area contributed by atoms with Crippen molar-refractivity contribution in [3.63, 3.8) is 0 Å². The fourth-order valence-corrected chi connectivity index (χ4v) is 3.38. The Bertz CT molecular complexity index is 1210. The number of nitrogens with zero attached hydrogens (tertiary/aromatic N) is 2. The number of carbonyl (C=O) groups is 1. The minimum absolute atomic E-state index is 0.201. The van der Waals surface area contributed by atoms with E-state index in [0.717, 1.165) is 41.8 Å². The number of ether oxygens (including phenoxy) is 2. The molecule has 0 amide bonds. The lowest BCUT2D eigenvalue weighted by Crippen LogP contribution is -2.38. The molecule has 192 valence electrons. The summed E-state index contributed by atoms with van der Waals surface area (Å²) in [6.07, 6.45) is -0.234. The molecule has 6 nitrogen and oxygen atoms in total. The maximum Gasteiger partial charge on any atom is 0.416 e. The molecule has 0 unspecified atom stereocenters. The molecule has 0 spiro atoms. The van der Waals surface area contributed by atoms with Crippen molar-refractivity contribution in [1.29, 1.82) is 0 Å². The summed E-state index contributed by atoms with van der Waals surface area (Å²) in [5.74, 6) is 0.308. The number of rotatable bonds is 10. The molecule has 0 fully saturated rings. The molecule has 0 saturated heterocycles. The average molecular weight is 503 g/mol. The van der Waals surface area contributed by atoms with E-state index in [1.165, 1.54) is 26.0 Å². The van der Waals surface area contributed by atoms with Crippen LogP contribution in [0.5, 0.6) is 11.5 Å². The van der Waals surface area contributed by atoms with Gasteiger partial charge in [0.05, 0.1) is 11.3 Å². The van der Waals surface area contributed by atoms with Crippen molar-refractivity contribution in [3.8, 4) is 22.9 Å². The summed E-state index contributed by atoms with van der Waals surface area (Å²) in [7, 11) is 0. The topological polar surface area (TPSA) is 81.5 Å². The molecule has 36 heavy (non-hydrogen) atoms. The first-order valence-electron chi connectivity index (χ1n) is 11.6. The van der Waals surface area contributed by atoms with Crippen molar-refractivity contribution in [1.82, 2.24) is 9.97 Å². The van der Waals surface area contributed by atoms with E-state index in [1.54, 1.807) is 31.3 Å². The Morgan fingerprint density at radius 2 is 1.78 bits per heavy atom. The molecular formula is C27H29F3N2O4. The number of halogens is 3. The zero-order valence-electron chi connectivity index (χ0n) is 20.6. The van der Waals surface area contributed by atoms with Gasteiger partial charge in [-0.2, -0.15) is 13.2 Å². The highest BCUT2D eigenvalue weighted by Gasteiger charge is 2.31. The van der Waals surface area contributed by atoms with Crippen molar-refractivity contribution in [3.05, 3.63) is 71.0 Å². The second-order valence-electron chi connectivity index (χ2n) is 8.98. The van der Waals surface area contributed by atoms with Crippen LogP contribution in [0.2, 0.25) is 0 Å². The van der Waals surface area contributed by atoms with Gasteiger partial charge in [0, 0.05) is 17.3 Å². The van der Waals surface area contributed by atoms with Gasteiger partial charge in [0.25, 0.3) is 0 Å². The molecule has 0 aliphatic heterocycles. The van der Waals surface area contributed by atoms with Crippen molar-refractivity contribution >= 4 is 5.97 Å². The van der Waals surface area contributed by atoms with Crippen LogP contribution in [-0.2, 0) is 24.0 Å². The molecule has 1 aromatic heterocycles. The quantitative estimate of drug-likeness (QED) is 0.335. The first kappa shape index (κ1) is 27.0. The Hall–Kier alpha value is -3.62. The maximum absolute atomic E-state index is 12.9. The highest BCUT2D eigenvalue weighted by Crippen LogP contribution is 2.31. The second-order valence-corrected chi connectivity index (χ2v) is 8.98. The molecule has 0 aliphatic rings. The summed E-state index contributed by atoms with van der Waals surface area (Å²) in [4.78, 5) is 20.3. The predicted molar refractivity (Wildman–Crippen MR) is 129 cm³/mol. The number of alkyl halides is 3. The number of carboxylic acid groups (broad SMARTS) is 1. The first-order chi connectivity index (χ1) is 16.9.